The van der Waals surface area contributed by atoms with Crippen molar-refractivity contribution in [3.05, 3.63) is 42.9 Å². The van der Waals surface area contributed by atoms with Gasteiger partial charge in [-0.05, 0) is 32.5 Å². The summed E-state index contributed by atoms with van der Waals surface area (Å²) in [5, 5.41) is 14.7. The van der Waals surface area contributed by atoms with Crippen LogP contribution in [0.25, 0.3) is 0 Å². The summed E-state index contributed by atoms with van der Waals surface area (Å²) >= 11 is 0. The topological polar surface area (TPSA) is 93.9 Å². The van der Waals surface area contributed by atoms with E-state index in [0.29, 0.717) is 5.95 Å². The van der Waals surface area contributed by atoms with Crippen molar-refractivity contribution in [3.8, 4) is 6.07 Å². The number of hydrogen-bond donors (Lipinski definition) is 2. The first-order valence-electron chi connectivity index (χ1n) is 9.35. The van der Waals surface area contributed by atoms with Crippen molar-refractivity contribution < 1.29 is 13.6 Å². The van der Waals surface area contributed by atoms with Crippen molar-refractivity contribution in [1.29, 1.82) is 5.26 Å². The van der Waals surface area contributed by atoms with E-state index in [-0.39, 0.29) is 12.6 Å². The summed E-state index contributed by atoms with van der Waals surface area (Å²) in [6.07, 6.45) is 7.06. The molecule has 158 valence electrons. The monoisotopic (exact) mass is 406 g/mol. The maximum Gasteiger partial charge on any atom is 0.268 e. The van der Waals surface area contributed by atoms with Crippen LogP contribution >= 0.6 is 0 Å². The number of alkyl halides is 2. The van der Waals surface area contributed by atoms with Crippen LogP contribution in [0.4, 0.5) is 14.7 Å². The van der Waals surface area contributed by atoms with Crippen LogP contribution in [0.1, 0.15) is 33.6 Å². The largest absolute Gasteiger partial charge is 0.331 e. The SMILES string of the molecule is C/C=C(\C)C(CC)NCC(=O)N1CC(F)(F)CC1C#N.C=CNc1ncccn1. The zero-order valence-corrected chi connectivity index (χ0v) is 17.0. The number of halogens is 2. The number of hydrogen-bond acceptors (Lipinski definition) is 6. The fraction of sp³-hybridized carbons (Fsp3) is 0.500. The first-order chi connectivity index (χ1) is 13.8. The van der Waals surface area contributed by atoms with Crippen molar-refractivity contribution in [2.45, 2.75) is 51.6 Å². The fourth-order valence-electron chi connectivity index (χ4n) is 2.80. The summed E-state index contributed by atoms with van der Waals surface area (Å²) in [5.41, 5.74) is 1.10. The second-order valence-electron chi connectivity index (χ2n) is 6.52. The van der Waals surface area contributed by atoms with Crippen LogP contribution in [0.3, 0.4) is 0 Å². The minimum absolute atomic E-state index is 0.0298. The van der Waals surface area contributed by atoms with Crippen LogP contribution in [0.2, 0.25) is 0 Å². The number of anilines is 1. The highest BCUT2D eigenvalue weighted by Crippen LogP contribution is 2.31. The third-order valence-electron chi connectivity index (χ3n) is 4.45. The van der Waals surface area contributed by atoms with Gasteiger partial charge in [-0.2, -0.15) is 5.26 Å². The second kappa shape index (κ2) is 11.9. The molecule has 1 saturated heterocycles. The van der Waals surface area contributed by atoms with Crippen molar-refractivity contribution >= 4 is 11.9 Å². The summed E-state index contributed by atoms with van der Waals surface area (Å²) in [6, 6.07) is 2.55. The maximum absolute atomic E-state index is 13.3. The molecule has 7 nitrogen and oxygen atoms in total. The molecule has 1 aromatic heterocycles. The average molecular weight is 406 g/mol. The Morgan fingerprint density at radius 1 is 1.52 bits per heavy atom. The van der Waals surface area contributed by atoms with Gasteiger partial charge in [-0.15, -0.1) is 0 Å². The molecule has 2 atom stereocenters. The summed E-state index contributed by atoms with van der Waals surface area (Å²) in [4.78, 5) is 20.7. The molecule has 1 fully saturated rings. The van der Waals surface area contributed by atoms with Gasteiger partial charge in [0, 0.05) is 24.9 Å². The van der Waals surface area contributed by atoms with E-state index in [1.807, 2.05) is 26.8 Å². The van der Waals surface area contributed by atoms with Gasteiger partial charge in [0.2, 0.25) is 11.9 Å². The number of rotatable bonds is 7. The number of amides is 1. The van der Waals surface area contributed by atoms with E-state index < -0.39 is 30.8 Å². The molecule has 9 heteroatoms. The Morgan fingerprint density at radius 3 is 2.69 bits per heavy atom. The lowest BCUT2D eigenvalue weighted by Gasteiger charge is -2.22. The number of nitrogens with zero attached hydrogens (tertiary/aromatic N) is 4. The third kappa shape index (κ3) is 7.95. The first-order valence-corrected chi connectivity index (χ1v) is 9.35. The molecule has 2 rings (SSSR count). The number of aromatic nitrogens is 2. The summed E-state index contributed by atoms with van der Waals surface area (Å²) < 4.78 is 26.5. The number of carbonyl (C=O) groups is 1. The average Bonchev–Trinajstić information content (AvgIpc) is 3.04. The number of carbonyl (C=O) groups excluding carboxylic acids is 1. The maximum atomic E-state index is 13.3. The Kier molecular flexibility index (Phi) is 9.89. The van der Waals surface area contributed by atoms with Crippen LogP contribution in [0.5, 0.6) is 0 Å². The predicted octanol–water partition coefficient (Wildman–Crippen LogP) is 3.11. The van der Waals surface area contributed by atoms with Gasteiger partial charge in [0.15, 0.2) is 0 Å². The standard InChI is InChI=1S/C14H21F2N3O.C6H7N3/c1-4-10(3)12(5-2)18-8-13(20)19-9-14(15,16)6-11(19)7-17;1-2-7-6-8-4-3-5-9-6/h4,11-12,18H,5-6,8-9H2,1-3H3;2-5H,1H2,(H,7,8,9)/b10-4+;. The normalized spacial score (nSPS) is 18.8. The van der Waals surface area contributed by atoms with Gasteiger partial charge >= 0.3 is 0 Å². The Labute approximate surface area is 170 Å². The molecule has 0 radical (unpaired) electrons. The zero-order valence-electron chi connectivity index (χ0n) is 17.0. The first kappa shape index (κ1) is 24.2. The summed E-state index contributed by atoms with van der Waals surface area (Å²) in [6.45, 7) is 8.62. The van der Waals surface area contributed by atoms with E-state index in [2.05, 4.69) is 27.2 Å². The van der Waals surface area contributed by atoms with Crippen LogP contribution in [-0.4, -0.2) is 51.9 Å². The van der Waals surface area contributed by atoms with E-state index in [9.17, 15) is 13.6 Å². The van der Waals surface area contributed by atoms with Crippen LogP contribution in [0.15, 0.2) is 42.9 Å². The molecule has 29 heavy (non-hydrogen) atoms. The minimum Gasteiger partial charge on any atom is -0.331 e. The lowest BCUT2D eigenvalue weighted by Crippen LogP contribution is -2.44. The molecule has 1 amide bonds. The molecule has 2 unspecified atom stereocenters. The number of allylic oxidation sites excluding steroid dienone is 1. The highest BCUT2D eigenvalue weighted by molar-refractivity contribution is 5.79. The Morgan fingerprint density at radius 2 is 2.17 bits per heavy atom. The van der Waals surface area contributed by atoms with E-state index >= 15 is 0 Å². The molecule has 1 aliphatic heterocycles. The van der Waals surface area contributed by atoms with Gasteiger partial charge in [-0.3, -0.25) is 4.79 Å². The molecule has 1 aromatic rings. The van der Waals surface area contributed by atoms with Gasteiger partial charge in [0.05, 0.1) is 19.2 Å². The van der Waals surface area contributed by atoms with Crippen LogP contribution < -0.4 is 10.6 Å². The summed E-state index contributed by atoms with van der Waals surface area (Å²) in [7, 11) is 0. The van der Waals surface area contributed by atoms with Gasteiger partial charge < -0.3 is 15.5 Å². The van der Waals surface area contributed by atoms with Gasteiger partial charge in [-0.1, -0.05) is 25.2 Å². The van der Waals surface area contributed by atoms with Crippen molar-refractivity contribution in [3.63, 3.8) is 0 Å². The molecule has 0 aliphatic carbocycles. The lowest BCUT2D eigenvalue weighted by molar-refractivity contribution is -0.131. The van der Waals surface area contributed by atoms with Crippen molar-refractivity contribution in [2.24, 2.45) is 0 Å². The molecular formula is C20H28F2N6O. The van der Waals surface area contributed by atoms with E-state index in [0.717, 1.165) is 16.9 Å². The molecule has 0 aromatic carbocycles. The van der Waals surface area contributed by atoms with Gasteiger partial charge in [0.1, 0.15) is 6.04 Å². The third-order valence-corrected chi connectivity index (χ3v) is 4.45. The fourth-order valence-corrected chi connectivity index (χ4v) is 2.80. The highest BCUT2D eigenvalue weighted by Gasteiger charge is 2.47. The number of nitriles is 1. The number of nitrogens with one attached hydrogen (secondary N) is 2. The zero-order chi connectivity index (χ0) is 21.9. The second-order valence-corrected chi connectivity index (χ2v) is 6.52. The Bertz CT molecular complexity index is 732. The molecule has 1 aliphatic rings. The van der Waals surface area contributed by atoms with Crippen molar-refractivity contribution in [1.82, 2.24) is 20.2 Å². The van der Waals surface area contributed by atoms with E-state index in [1.165, 1.54) is 6.20 Å². The van der Waals surface area contributed by atoms with Gasteiger partial charge in [-0.25, -0.2) is 18.7 Å². The molecular weight excluding hydrogens is 378 g/mol. The minimum atomic E-state index is -2.96. The Balaban J connectivity index is 0.000000387. The molecule has 0 bridgehead atoms. The molecule has 2 N–H and O–H groups in total. The lowest BCUT2D eigenvalue weighted by atomic mass is 10.1. The molecule has 0 saturated carbocycles. The summed E-state index contributed by atoms with van der Waals surface area (Å²) in [5.74, 6) is -2.83. The van der Waals surface area contributed by atoms with Gasteiger partial charge in [0.25, 0.3) is 5.92 Å². The van der Waals surface area contributed by atoms with E-state index in [1.54, 1.807) is 24.5 Å². The molecule has 2 heterocycles. The quantitative estimate of drug-likeness (QED) is 0.676. The predicted molar refractivity (Wildman–Crippen MR) is 108 cm³/mol. The molecule has 0 spiro atoms. The van der Waals surface area contributed by atoms with Crippen LogP contribution in [0, 0.1) is 11.3 Å². The Hall–Kier alpha value is -2.86. The van der Waals surface area contributed by atoms with Crippen LogP contribution in [-0.2, 0) is 4.79 Å². The number of likely N-dealkylation sites (tertiary alicyclic amines) is 1. The van der Waals surface area contributed by atoms with E-state index in [4.69, 9.17) is 5.26 Å². The van der Waals surface area contributed by atoms with Crippen molar-refractivity contribution in [2.75, 3.05) is 18.4 Å². The smallest absolute Gasteiger partial charge is 0.268 e. The highest BCUT2D eigenvalue weighted by atomic mass is 19.3.